The van der Waals surface area contributed by atoms with E-state index in [-0.39, 0.29) is 16.9 Å². The van der Waals surface area contributed by atoms with E-state index in [2.05, 4.69) is 46.9 Å². The third-order valence-electron chi connectivity index (χ3n) is 4.65. The lowest BCUT2D eigenvalue weighted by Gasteiger charge is -2.23. The smallest absolute Gasteiger partial charge is 0.260 e. The molecule has 0 atom stereocenters. The van der Waals surface area contributed by atoms with Gasteiger partial charge in [0, 0.05) is 16.9 Å². The molecule has 6 heteroatoms. The van der Waals surface area contributed by atoms with Gasteiger partial charge in [-0.25, -0.2) is 4.68 Å². The van der Waals surface area contributed by atoms with Gasteiger partial charge < -0.3 is 14.5 Å². The Bertz CT molecular complexity index is 1030. The van der Waals surface area contributed by atoms with Crippen LogP contribution in [-0.2, 0) is 11.0 Å². The van der Waals surface area contributed by atoms with E-state index in [4.69, 9.17) is 14.3 Å². The number of nitrogens with one attached hydrogen (secondary N) is 1. The first-order valence-electron chi connectivity index (χ1n) is 9.41. The van der Waals surface area contributed by atoms with E-state index in [1.165, 1.54) is 0 Å². The number of hydrogen-bond donors (Lipinski definition) is 1. The van der Waals surface area contributed by atoms with Crippen LogP contribution in [0.4, 0.5) is 5.82 Å². The van der Waals surface area contributed by atoms with Crippen LogP contribution < -0.4 is 10.1 Å². The molecule has 2 aromatic heterocycles. The molecule has 0 aliphatic carbocycles. The van der Waals surface area contributed by atoms with Crippen LogP contribution in [0.2, 0.25) is 0 Å². The van der Waals surface area contributed by atoms with E-state index < -0.39 is 0 Å². The SMILES string of the molecule is COc1ccc2oc(C)c(C(=O)Nc3cc(C(C)(C)C)nn3C(C)(C)C)c2c1. The van der Waals surface area contributed by atoms with E-state index in [1.54, 1.807) is 14.0 Å². The Hall–Kier alpha value is -2.76. The van der Waals surface area contributed by atoms with E-state index in [0.29, 0.717) is 28.5 Å². The molecule has 3 aromatic rings. The number of aryl methyl sites for hydroxylation is 1. The second-order valence-electron chi connectivity index (χ2n) is 9.10. The molecule has 1 N–H and O–H groups in total. The number of amides is 1. The number of methoxy groups -OCH3 is 1. The molecule has 0 unspecified atom stereocenters. The first kappa shape index (κ1) is 20.0. The summed E-state index contributed by atoms with van der Waals surface area (Å²) in [5.74, 6) is 1.69. The Balaban J connectivity index is 2.05. The van der Waals surface area contributed by atoms with E-state index in [9.17, 15) is 4.79 Å². The van der Waals surface area contributed by atoms with Crippen molar-refractivity contribution in [1.82, 2.24) is 9.78 Å². The quantitative estimate of drug-likeness (QED) is 0.670. The summed E-state index contributed by atoms with van der Waals surface area (Å²) in [4.78, 5) is 13.2. The van der Waals surface area contributed by atoms with E-state index >= 15 is 0 Å². The molecule has 0 aliphatic heterocycles. The zero-order chi connectivity index (χ0) is 20.9. The summed E-state index contributed by atoms with van der Waals surface area (Å²) in [7, 11) is 1.60. The van der Waals surface area contributed by atoms with Crippen LogP contribution >= 0.6 is 0 Å². The number of nitrogens with zero attached hydrogens (tertiary/aromatic N) is 2. The van der Waals surface area contributed by atoms with Crippen molar-refractivity contribution in [1.29, 1.82) is 0 Å². The predicted molar refractivity (Wildman–Crippen MR) is 111 cm³/mol. The minimum Gasteiger partial charge on any atom is -0.497 e. The monoisotopic (exact) mass is 383 g/mol. The molecular formula is C22H29N3O3. The fraction of sp³-hybridized carbons (Fsp3) is 0.455. The highest BCUT2D eigenvalue weighted by atomic mass is 16.5. The van der Waals surface area contributed by atoms with Gasteiger partial charge in [-0.3, -0.25) is 4.79 Å². The maximum absolute atomic E-state index is 13.2. The highest BCUT2D eigenvalue weighted by Gasteiger charge is 2.27. The third-order valence-corrected chi connectivity index (χ3v) is 4.65. The van der Waals surface area contributed by atoms with Gasteiger partial charge in [0.05, 0.1) is 23.9 Å². The number of carbonyl (C=O) groups excluding carboxylic acids is 1. The molecule has 0 radical (unpaired) electrons. The molecule has 0 bridgehead atoms. The lowest BCUT2D eigenvalue weighted by Crippen LogP contribution is -2.27. The highest BCUT2D eigenvalue weighted by molar-refractivity contribution is 6.13. The lowest BCUT2D eigenvalue weighted by molar-refractivity contribution is 0.102. The Kier molecular flexibility index (Phi) is 4.77. The molecule has 0 saturated heterocycles. The zero-order valence-electron chi connectivity index (χ0n) is 17.9. The summed E-state index contributed by atoms with van der Waals surface area (Å²) in [5, 5.41) is 8.53. The summed E-state index contributed by atoms with van der Waals surface area (Å²) >= 11 is 0. The van der Waals surface area contributed by atoms with Crippen LogP contribution in [0, 0.1) is 6.92 Å². The molecule has 0 fully saturated rings. The Morgan fingerprint density at radius 3 is 2.39 bits per heavy atom. The van der Waals surface area contributed by atoms with Gasteiger partial charge in [0.25, 0.3) is 5.91 Å². The average Bonchev–Trinajstić information content (AvgIpc) is 3.13. The minimum atomic E-state index is -0.275. The molecule has 3 rings (SSSR count). The summed E-state index contributed by atoms with van der Waals surface area (Å²) in [6, 6.07) is 7.40. The number of rotatable bonds is 3. The summed E-state index contributed by atoms with van der Waals surface area (Å²) in [5.41, 5.74) is 1.69. The van der Waals surface area contributed by atoms with Crippen LogP contribution in [-0.4, -0.2) is 22.8 Å². The fourth-order valence-corrected chi connectivity index (χ4v) is 3.14. The molecule has 1 aromatic carbocycles. The number of aromatic nitrogens is 2. The number of fused-ring (bicyclic) bond motifs is 1. The van der Waals surface area contributed by atoms with Crippen molar-refractivity contribution < 1.29 is 13.9 Å². The molecule has 28 heavy (non-hydrogen) atoms. The molecule has 6 nitrogen and oxygen atoms in total. The van der Waals surface area contributed by atoms with Crippen LogP contribution in [0.1, 0.15) is 63.4 Å². The predicted octanol–water partition coefficient (Wildman–Crippen LogP) is 5.25. The van der Waals surface area contributed by atoms with Crippen LogP contribution in [0.25, 0.3) is 11.0 Å². The summed E-state index contributed by atoms with van der Waals surface area (Å²) < 4.78 is 12.9. The highest BCUT2D eigenvalue weighted by Crippen LogP contribution is 2.32. The Morgan fingerprint density at radius 2 is 1.82 bits per heavy atom. The van der Waals surface area contributed by atoms with E-state index in [1.807, 2.05) is 28.9 Å². The van der Waals surface area contributed by atoms with Crippen molar-refractivity contribution in [3.63, 3.8) is 0 Å². The lowest BCUT2D eigenvalue weighted by atomic mass is 9.92. The Labute approximate surface area is 165 Å². The molecule has 150 valence electrons. The number of anilines is 1. The van der Waals surface area contributed by atoms with Gasteiger partial charge >= 0.3 is 0 Å². The van der Waals surface area contributed by atoms with Gasteiger partial charge in [-0.2, -0.15) is 5.10 Å². The third kappa shape index (κ3) is 3.63. The van der Waals surface area contributed by atoms with Crippen LogP contribution in [0.15, 0.2) is 28.7 Å². The fourth-order valence-electron chi connectivity index (χ4n) is 3.14. The van der Waals surface area contributed by atoms with Crippen molar-refractivity contribution in [2.45, 2.75) is 59.4 Å². The van der Waals surface area contributed by atoms with Crippen LogP contribution in [0.3, 0.4) is 0 Å². The number of hydrogen-bond acceptors (Lipinski definition) is 4. The minimum absolute atomic E-state index is 0.123. The zero-order valence-corrected chi connectivity index (χ0v) is 17.9. The van der Waals surface area contributed by atoms with Crippen LogP contribution in [0.5, 0.6) is 5.75 Å². The number of furan rings is 1. The largest absolute Gasteiger partial charge is 0.497 e. The number of carbonyl (C=O) groups is 1. The van der Waals surface area contributed by atoms with Crippen molar-refractivity contribution in [2.75, 3.05) is 12.4 Å². The van der Waals surface area contributed by atoms with Crippen molar-refractivity contribution in [3.8, 4) is 5.75 Å². The molecular weight excluding hydrogens is 354 g/mol. The van der Waals surface area contributed by atoms with E-state index in [0.717, 1.165) is 11.1 Å². The van der Waals surface area contributed by atoms with Gasteiger partial charge in [-0.15, -0.1) is 0 Å². The molecule has 2 heterocycles. The van der Waals surface area contributed by atoms with Crippen molar-refractivity contribution in [2.24, 2.45) is 0 Å². The molecule has 0 aliphatic rings. The van der Waals surface area contributed by atoms with Gasteiger partial charge in [0.15, 0.2) is 0 Å². The standard InChI is InChI=1S/C22H29N3O3/c1-13-19(15-11-14(27-8)9-10-16(15)28-13)20(26)23-18-12-17(21(2,3)4)24-25(18)22(5,6)7/h9-12H,1-8H3,(H,23,26). The normalized spacial score (nSPS) is 12.4. The van der Waals surface area contributed by atoms with Gasteiger partial charge in [0.2, 0.25) is 0 Å². The second-order valence-corrected chi connectivity index (χ2v) is 9.10. The van der Waals surface area contributed by atoms with Gasteiger partial charge in [-0.1, -0.05) is 20.8 Å². The molecule has 0 spiro atoms. The first-order chi connectivity index (χ1) is 12.9. The van der Waals surface area contributed by atoms with Crippen molar-refractivity contribution in [3.05, 3.63) is 41.3 Å². The second kappa shape index (κ2) is 6.69. The molecule has 0 saturated carbocycles. The topological polar surface area (TPSA) is 69.3 Å². The number of ether oxygens (including phenoxy) is 1. The van der Waals surface area contributed by atoms with Gasteiger partial charge in [-0.05, 0) is 45.9 Å². The average molecular weight is 383 g/mol. The Morgan fingerprint density at radius 1 is 1.14 bits per heavy atom. The molecule has 1 amide bonds. The summed E-state index contributed by atoms with van der Waals surface area (Å²) in [6.07, 6.45) is 0. The maximum Gasteiger partial charge on any atom is 0.260 e. The van der Waals surface area contributed by atoms with Gasteiger partial charge in [0.1, 0.15) is 22.9 Å². The maximum atomic E-state index is 13.2. The summed E-state index contributed by atoms with van der Waals surface area (Å²) in [6.45, 7) is 14.3. The first-order valence-corrected chi connectivity index (χ1v) is 9.41. The number of benzene rings is 1. The van der Waals surface area contributed by atoms with Crippen molar-refractivity contribution >= 4 is 22.7 Å².